The van der Waals surface area contributed by atoms with Crippen molar-refractivity contribution in [3.05, 3.63) is 107 Å². The number of amides is 1. The summed E-state index contributed by atoms with van der Waals surface area (Å²) in [7, 11) is 3.36. The number of thioether (sulfide) groups is 1. The van der Waals surface area contributed by atoms with Crippen molar-refractivity contribution in [1.82, 2.24) is 5.32 Å². The predicted octanol–water partition coefficient (Wildman–Crippen LogP) is 7.40. The van der Waals surface area contributed by atoms with Crippen LogP contribution in [0, 0.1) is 0 Å². The Morgan fingerprint density at radius 2 is 1.63 bits per heavy atom. The van der Waals surface area contributed by atoms with Crippen molar-refractivity contribution in [2.24, 2.45) is 4.99 Å². The average molecular weight is 568 g/mol. The van der Waals surface area contributed by atoms with Gasteiger partial charge in [0.25, 0.3) is 0 Å². The summed E-state index contributed by atoms with van der Waals surface area (Å²) in [4.78, 5) is 20.5. The maximum Gasteiger partial charge on any atom is 0.237 e. The van der Waals surface area contributed by atoms with Crippen LogP contribution in [-0.2, 0) is 4.79 Å². The molecular weight excluding hydrogens is 530 g/mol. The van der Waals surface area contributed by atoms with Crippen LogP contribution in [0.25, 0.3) is 6.08 Å². The monoisotopic (exact) mass is 567 g/mol. The first-order valence-corrected chi connectivity index (χ1v) is 15.0. The first-order valence-electron chi connectivity index (χ1n) is 14.0. The minimum Gasteiger partial charge on any atom is -0.497 e. The Hall–Kier alpha value is -3.97. The smallest absolute Gasteiger partial charge is 0.237 e. The lowest BCUT2D eigenvalue weighted by Gasteiger charge is -2.33. The first-order chi connectivity index (χ1) is 20.0. The molecule has 1 amide bonds. The van der Waals surface area contributed by atoms with Gasteiger partial charge in [-0.25, -0.2) is 4.99 Å². The SMILES string of the molecule is COc1ccc(/C=C2\CCCC3=C2NC(SCC(=O)N(c2ccccc2)C(C)C)=NC3c2ccc(OC)cc2)cc1. The zero-order valence-electron chi connectivity index (χ0n) is 24.1. The van der Waals surface area contributed by atoms with E-state index in [4.69, 9.17) is 14.5 Å². The lowest BCUT2D eigenvalue weighted by atomic mass is 9.84. The quantitative estimate of drug-likeness (QED) is 0.307. The molecule has 0 radical (unpaired) electrons. The molecule has 1 N–H and O–H groups in total. The van der Waals surface area contributed by atoms with Crippen LogP contribution in [-0.4, -0.2) is 37.1 Å². The third-order valence-corrected chi connectivity index (χ3v) is 8.26. The number of hydrogen-bond donors (Lipinski definition) is 1. The summed E-state index contributed by atoms with van der Waals surface area (Å²) < 4.78 is 10.7. The third kappa shape index (κ3) is 6.68. The molecule has 1 heterocycles. The molecule has 212 valence electrons. The maximum absolute atomic E-state index is 13.5. The number of ether oxygens (including phenoxy) is 2. The number of para-hydroxylation sites is 1. The van der Waals surface area contributed by atoms with Crippen molar-refractivity contribution in [3.8, 4) is 11.5 Å². The summed E-state index contributed by atoms with van der Waals surface area (Å²) in [6, 6.07) is 26.1. The summed E-state index contributed by atoms with van der Waals surface area (Å²) >= 11 is 1.47. The molecule has 0 saturated heterocycles. The van der Waals surface area contributed by atoms with Crippen LogP contribution in [0.4, 0.5) is 5.69 Å². The number of aliphatic imine (C=N–C) groups is 1. The standard InChI is InChI=1S/C34H37N3O3S/c1-23(2)37(27-10-6-5-7-11-27)31(38)22-41-34-35-32(25-15-19-29(40-4)20-16-25)30-12-8-9-26(33(30)36-34)21-24-13-17-28(39-3)18-14-24/h5-7,10-11,13-21,23,32H,8-9,12,22H2,1-4H3,(H,35,36)/b26-21+. The lowest BCUT2D eigenvalue weighted by molar-refractivity contribution is -0.116. The Balaban J connectivity index is 1.45. The van der Waals surface area contributed by atoms with Gasteiger partial charge in [0.2, 0.25) is 5.91 Å². The van der Waals surface area contributed by atoms with Crippen LogP contribution in [0.15, 0.2) is 101 Å². The summed E-state index contributed by atoms with van der Waals surface area (Å²) in [6.07, 6.45) is 5.25. The normalized spacial score (nSPS) is 17.5. The van der Waals surface area contributed by atoms with Crippen LogP contribution < -0.4 is 19.7 Å². The molecule has 0 aromatic heterocycles. The number of methoxy groups -OCH3 is 2. The number of benzene rings is 3. The second-order valence-corrected chi connectivity index (χ2v) is 11.4. The van der Waals surface area contributed by atoms with Gasteiger partial charge in [0, 0.05) is 17.4 Å². The fourth-order valence-electron chi connectivity index (χ4n) is 5.39. The van der Waals surface area contributed by atoms with Gasteiger partial charge in [0.05, 0.1) is 20.0 Å². The summed E-state index contributed by atoms with van der Waals surface area (Å²) in [5.41, 5.74) is 6.81. The van der Waals surface area contributed by atoms with Crippen LogP contribution in [0.1, 0.15) is 50.3 Å². The van der Waals surface area contributed by atoms with E-state index < -0.39 is 0 Å². The molecule has 7 heteroatoms. The van der Waals surface area contributed by atoms with Crippen molar-refractivity contribution in [1.29, 1.82) is 0 Å². The number of amidine groups is 1. The Morgan fingerprint density at radius 1 is 0.976 bits per heavy atom. The highest BCUT2D eigenvalue weighted by Gasteiger charge is 2.31. The molecule has 3 aromatic rings. The fourth-order valence-corrected chi connectivity index (χ4v) is 6.15. The first kappa shape index (κ1) is 28.6. The van der Waals surface area contributed by atoms with Crippen LogP contribution >= 0.6 is 11.8 Å². The molecule has 0 bridgehead atoms. The third-order valence-electron chi connectivity index (χ3n) is 7.38. The number of carbonyl (C=O) groups is 1. The van der Waals surface area contributed by atoms with Crippen molar-refractivity contribution < 1.29 is 14.3 Å². The van der Waals surface area contributed by atoms with Gasteiger partial charge in [-0.3, -0.25) is 4.79 Å². The van der Waals surface area contributed by atoms with Gasteiger partial charge in [-0.1, -0.05) is 54.2 Å². The molecule has 1 unspecified atom stereocenters. The Morgan fingerprint density at radius 3 is 2.27 bits per heavy atom. The highest BCUT2D eigenvalue weighted by molar-refractivity contribution is 8.14. The second-order valence-electron chi connectivity index (χ2n) is 10.4. The Labute approximate surface area is 247 Å². The average Bonchev–Trinajstić information content (AvgIpc) is 3.01. The number of hydrogen-bond acceptors (Lipinski definition) is 6. The minimum absolute atomic E-state index is 0.0467. The van der Waals surface area contributed by atoms with Crippen LogP contribution in [0.2, 0.25) is 0 Å². The molecule has 6 nitrogen and oxygen atoms in total. The van der Waals surface area contributed by atoms with Gasteiger partial charge in [-0.2, -0.15) is 0 Å². The van der Waals surface area contributed by atoms with E-state index in [1.165, 1.54) is 22.9 Å². The van der Waals surface area contributed by atoms with Gasteiger partial charge in [-0.15, -0.1) is 0 Å². The molecule has 2 aliphatic rings. The van der Waals surface area contributed by atoms with Crippen molar-refractivity contribution in [2.45, 2.75) is 45.2 Å². The molecular formula is C34H37N3O3S. The molecule has 5 rings (SSSR count). The zero-order valence-corrected chi connectivity index (χ0v) is 24.9. The highest BCUT2D eigenvalue weighted by atomic mass is 32.2. The maximum atomic E-state index is 13.5. The molecule has 0 saturated carbocycles. The predicted molar refractivity (Wildman–Crippen MR) is 170 cm³/mol. The Kier molecular flexibility index (Phi) is 9.14. The van der Waals surface area contributed by atoms with Gasteiger partial charge < -0.3 is 19.7 Å². The largest absolute Gasteiger partial charge is 0.497 e. The van der Waals surface area contributed by atoms with E-state index in [9.17, 15) is 4.79 Å². The zero-order chi connectivity index (χ0) is 28.8. The topological polar surface area (TPSA) is 63.2 Å². The summed E-state index contributed by atoms with van der Waals surface area (Å²) in [5.74, 6) is 2.00. The molecule has 1 aliphatic carbocycles. The minimum atomic E-state index is -0.121. The highest BCUT2D eigenvalue weighted by Crippen LogP contribution is 2.42. The van der Waals surface area contributed by atoms with E-state index in [-0.39, 0.29) is 23.7 Å². The number of nitrogens with zero attached hydrogens (tertiary/aromatic N) is 2. The molecule has 1 aliphatic heterocycles. The molecule has 3 aromatic carbocycles. The number of carbonyl (C=O) groups excluding carboxylic acids is 1. The van der Waals surface area contributed by atoms with E-state index in [0.717, 1.165) is 58.4 Å². The molecule has 1 atom stereocenters. The van der Waals surface area contributed by atoms with Gasteiger partial charge >= 0.3 is 0 Å². The molecule has 41 heavy (non-hydrogen) atoms. The van der Waals surface area contributed by atoms with Crippen molar-refractivity contribution in [2.75, 3.05) is 24.9 Å². The summed E-state index contributed by atoms with van der Waals surface area (Å²) in [5, 5.41) is 4.40. The molecule has 0 spiro atoms. The lowest BCUT2D eigenvalue weighted by Crippen LogP contribution is -2.39. The fraction of sp³-hybridized carbons (Fsp3) is 0.294. The summed E-state index contributed by atoms with van der Waals surface area (Å²) in [6.45, 7) is 4.09. The van der Waals surface area contributed by atoms with E-state index in [2.05, 4.69) is 35.7 Å². The van der Waals surface area contributed by atoms with E-state index >= 15 is 0 Å². The van der Waals surface area contributed by atoms with Gasteiger partial charge in [-0.05, 0) is 97.9 Å². The van der Waals surface area contributed by atoms with Gasteiger partial charge in [0.15, 0.2) is 5.17 Å². The van der Waals surface area contributed by atoms with Crippen LogP contribution in [0.5, 0.6) is 11.5 Å². The number of anilines is 1. The van der Waals surface area contributed by atoms with E-state index in [0.29, 0.717) is 0 Å². The number of nitrogens with one attached hydrogen (secondary N) is 1. The van der Waals surface area contributed by atoms with Crippen LogP contribution in [0.3, 0.4) is 0 Å². The molecule has 0 fully saturated rings. The number of rotatable bonds is 8. The van der Waals surface area contributed by atoms with Crippen molar-refractivity contribution >= 4 is 34.6 Å². The Bertz CT molecular complexity index is 1440. The van der Waals surface area contributed by atoms with E-state index in [1.807, 2.05) is 73.3 Å². The number of allylic oxidation sites excluding steroid dienone is 1. The van der Waals surface area contributed by atoms with Gasteiger partial charge in [0.1, 0.15) is 17.5 Å². The van der Waals surface area contributed by atoms with E-state index in [1.54, 1.807) is 14.2 Å². The van der Waals surface area contributed by atoms with Crippen molar-refractivity contribution in [3.63, 3.8) is 0 Å². The second kappa shape index (κ2) is 13.1.